The summed E-state index contributed by atoms with van der Waals surface area (Å²) < 4.78 is 39.3. The van der Waals surface area contributed by atoms with Crippen LogP contribution >= 0.6 is 0 Å². The van der Waals surface area contributed by atoms with E-state index < -0.39 is 29.5 Å². The average Bonchev–Trinajstić information content (AvgIpc) is 2.37. The van der Waals surface area contributed by atoms with E-state index in [9.17, 15) is 23.1 Å². The van der Waals surface area contributed by atoms with Crippen LogP contribution in [0.25, 0.3) is 0 Å². The number of nitrogens with zero attached hydrogens (tertiary/aromatic N) is 1. The van der Waals surface area contributed by atoms with E-state index in [4.69, 9.17) is 0 Å². The third kappa shape index (κ3) is 2.87. The fourth-order valence-electron chi connectivity index (χ4n) is 2.18. The summed E-state index contributed by atoms with van der Waals surface area (Å²) in [7, 11) is 0. The van der Waals surface area contributed by atoms with E-state index in [1.54, 1.807) is 4.90 Å². The normalized spacial score (nSPS) is 18.3. The van der Waals surface area contributed by atoms with Crippen molar-refractivity contribution in [2.45, 2.75) is 6.04 Å². The van der Waals surface area contributed by atoms with Gasteiger partial charge in [0.15, 0.2) is 17.5 Å². The number of aliphatic carboxylic acids is 1. The smallest absolute Gasteiger partial charge is 0.325 e. The maximum absolute atomic E-state index is 13.2. The number of benzene rings is 1. The fraction of sp³-hybridized carbons (Fsp3) is 0.417. The van der Waals surface area contributed by atoms with Crippen LogP contribution in [0.4, 0.5) is 13.2 Å². The highest BCUT2D eigenvalue weighted by atomic mass is 19.2. The number of hydrogen-bond donors (Lipinski definition) is 2. The lowest BCUT2D eigenvalue weighted by atomic mass is 10.0. The van der Waals surface area contributed by atoms with Crippen molar-refractivity contribution < 1.29 is 23.1 Å². The van der Waals surface area contributed by atoms with Crippen molar-refractivity contribution in [3.63, 3.8) is 0 Å². The van der Waals surface area contributed by atoms with Crippen molar-refractivity contribution in [1.82, 2.24) is 10.2 Å². The first-order valence-electron chi connectivity index (χ1n) is 5.82. The summed E-state index contributed by atoms with van der Waals surface area (Å²) in [6, 6.07) is 0.296. The minimum Gasteiger partial charge on any atom is -0.480 e. The average molecular weight is 274 g/mol. The van der Waals surface area contributed by atoms with Crippen LogP contribution in [-0.4, -0.2) is 42.2 Å². The molecule has 4 nitrogen and oxygen atoms in total. The van der Waals surface area contributed by atoms with E-state index in [0.717, 1.165) is 12.1 Å². The van der Waals surface area contributed by atoms with E-state index in [1.165, 1.54) is 0 Å². The van der Waals surface area contributed by atoms with Gasteiger partial charge in [-0.3, -0.25) is 9.69 Å². The number of carbonyl (C=O) groups is 1. The monoisotopic (exact) mass is 274 g/mol. The zero-order valence-corrected chi connectivity index (χ0v) is 10.00. The number of halogens is 3. The first-order valence-corrected chi connectivity index (χ1v) is 5.82. The summed E-state index contributed by atoms with van der Waals surface area (Å²) in [6.07, 6.45) is 0. The molecule has 1 atom stereocenters. The third-order valence-electron chi connectivity index (χ3n) is 3.07. The Labute approximate surface area is 107 Å². The molecule has 0 radical (unpaired) electrons. The molecule has 2 rings (SSSR count). The van der Waals surface area contributed by atoms with Crippen molar-refractivity contribution in [1.29, 1.82) is 0 Å². The SMILES string of the molecule is O=C(O)C(c1cc(F)c(F)c(F)c1)N1CCNCC1. The van der Waals surface area contributed by atoms with Crippen LogP contribution in [0.3, 0.4) is 0 Å². The van der Waals surface area contributed by atoms with Crippen LogP contribution in [0.1, 0.15) is 11.6 Å². The Morgan fingerprint density at radius 2 is 1.74 bits per heavy atom. The molecule has 7 heteroatoms. The van der Waals surface area contributed by atoms with Gasteiger partial charge in [0.1, 0.15) is 6.04 Å². The molecule has 1 fully saturated rings. The molecule has 1 aromatic rings. The highest BCUT2D eigenvalue weighted by molar-refractivity contribution is 5.75. The van der Waals surface area contributed by atoms with Gasteiger partial charge in [0, 0.05) is 26.2 Å². The van der Waals surface area contributed by atoms with Crippen LogP contribution in [0, 0.1) is 17.5 Å². The molecular formula is C12H13F3N2O2. The van der Waals surface area contributed by atoms with Gasteiger partial charge in [0.05, 0.1) is 0 Å². The van der Waals surface area contributed by atoms with E-state index in [-0.39, 0.29) is 5.56 Å². The molecule has 1 aromatic carbocycles. The van der Waals surface area contributed by atoms with E-state index in [1.807, 2.05) is 0 Å². The zero-order valence-electron chi connectivity index (χ0n) is 10.00. The molecule has 1 heterocycles. The van der Waals surface area contributed by atoms with Gasteiger partial charge in [-0.25, -0.2) is 13.2 Å². The predicted molar refractivity (Wildman–Crippen MR) is 61.1 cm³/mol. The van der Waals surface area contributed by atoms with Crippen LogP contribution in [0.15, 0.2) is 12.1 Å². The van der Waals surface area contributed by atoms with Gasteiger partial charge in [-0.05, 0) is 17.7 Å². The summed E-state index contributed by atoms with van der Waals surface area (Å²) in [4.78, 5) is 12.9. The molecule has 0 aromatic heterocycles. The summed E-state index contributed by atoms with van der Waals surface area (Å²) in [5.41, 5.74) is -0.0919. The minimum atomic E-state index is -1.59. The lowest BCUT2D eigenvalue weighted by Gasteiger charge is -2.32. The Kier molecular flexibility index (Phi) is 4.06. The van der Waals surface area contributed by atoms with E-state index in [0.29, 0.717) is 26.2 Å². The lowest BCUT2D eigenvalue weighted by molar-refractivity contribution is -0.143. The van der Waals surface area contributed by atoms with Crippen molar-refractivity contribution in [2.24, 2.45) is 0 Å². The Bertz CT molecular complexity index is 467. The number of piperazine rings is 1. The number of nitrogens with one attached hydrogen (secondary N) is 1. The fourth-order valence-corrected chi connectivity index (χ4v) is 2.18. The van der Waals surface area contributed by atoms with Gasteiger partial charge in [0.2, 0.25) is 0 Å². The third-order valence-corrected chi connectivity index (χ3v) is 3.07. The second-order valence-corrected chi connectivity index (χ2v) is 4.33. The molecule has 2 N–H and O–H groups in total. The minimum absolute atomic E-state index is 0.0919. The molecule has 1 aliphatic rings. The molecule has 0 bridgehead atoms. The van der Waals surface area contributed by atoms with Gasteiger partial charge < -0.3 is 10.4 Å². The van der Waals surface area contributed by atoms with Crippen LogP contribution < -0.4 is 5.32 Å². The maximum atomic E-state index is 13.2. The van der Waals surface area contributed by atoms with Gasteiger partial charge >= 0.3 is 5.97 Å². The molecule has 0 aliphatic carbocycles. The Morgan fingerprint density at radius 1 is 1.21 bits per heavy atom. The second-order valence-electron chi connectivity index (χ2n) is 4.33. The number of rotatable bonds is 3. The summed E-state index contributed by atoms with van der Waals surface area (Å²) in [5, 5.41) is 12.3. The van der Waals surface area contributed by atoms with Crippen molar-refractivity contribution in [2.75, 3.05) is 26.2 Å². The molecular weight excluding hydrogens is 261 g/mol. The van der Waals surface area contributed by atoms with Gasteiger partial charge in [-0.2, -0.15) is 0 Å². The van der Waals surface area contributed by atoms with Gasteiger partial charge in [-0.1, -0.05) is 0 Å². The van der Waals surface area contributed by atoms with E-state index in [2.05, 4.69) is 5.32 Å². The first-order chi connectivity index (χ1) is 9.00. The standard InChI is InChI=1S/C12H13F3N2O2/c13-8-5-7(6-9(14)10(8)15)11(12(18)19)17-3-1-16-2-4-17/h5-6,11,16H,1-4H2,(H,18,19). The molecule has 1 aliphatic heterocycles. The molecule has 1 unspecified atom stereocenters. The van der Waals surface area contributed by atoms with E-state index >= 15 is 0 Å². The van der Waals surface area contributed by atoms with Crippen LogP contribution in [0.5, 0.6) is 0 Å². The Balaban J connectivity index is 2.36. The molecule has 19 heavy (non-hydrogen) atoms. The van der Waals surface area contributed by atoms with Crippen molar-refractivity contribution >= 4 is 5.97 Å². The van der Waals surface area contributed by atoms with Gasteiger partial charge in [-0.15, -0.1) is 0 Å². The first kappa shape index (κ1) is 13.8. The highest BCUT2D eigenvalue weighted by Crippen LogP contribution is 2.25. The quantitative estimate of drug-likeness (QED) is 0.811. The molecule has 0 amide bonds. The predicted octanol–water partition coefficient (Wildman–Crippen LogP) is 1.13. The largest absolute Gasteiger partial charge is 0.480 e. The zero-order chi connectivity index (χ0) is 14.0. The number of carboxylic acids is 1. The lowest BCUT2D eigenvalue weighted by Crippen LogP contribution is -2.47. The van der Waals surface area contributed by atoms with Crippen molar-refractivity contribution in [3.8, 4) is 0 Å². The van der Waals surface area contributed by atoms with Crippen LogP contribution in [0.2, 0.25) is 0 Å². The maximum Gasteiger partial charge on any atom is 0.325 e. The molecule has 0 saturated carbocycles. The Morgan fingerprint density at radius 3 is 2.21 bits per heavy atom. The summed E-state index contributed by atoms with van der Waals surface area (Å²) >= 11 is 0. The molecule has 1 saturated heterocycles. The second kappa shape index (κ2) is 5.58. The highest BCUT2D eigenvalue weighted by Gasteiger charge is 2.30. The number of hydrogen-bond acceptors (Lipinski definition) is 3. The van der Waals surface area contributed by atoms with Gasteiger partial charge in [0.25, 0.3) is 0 Å². The van der Waals surface area contributed by atoms with Crippen LogP contribution in [-0.2, 0) is 4.79 Å². The Hall–Kier alpha value is -1.60. The topological polar surface area (TPSA) is 52.6 Å². The number of carboxylic acid groups (broad SMARTS) is 1. The summed E-state index contributed by atoms with van der Waals surface area (Å²) in [6.45, 7) is 2.07. The molecule has 0 spiro atoms. The van der Waals surface area contributed by atoms with Crippen molar-refractivity contribution in [3.05, 3.63) is 35.1 Å². The molecule has 104 valence electrons. The summed E-state index contributed by atoms with van der Waals surface area (Å²) in [5.74, 6) is -5.56.